The molecule has 35 nitrogen and oxygen atoms in total. The maximum Gasteiger partial charge on any atom is 0.416 e. The van der Waals surface area contributed by atoms with Crippen LogP contribution in [-0.4, -0.2) is 229 Å². The van der Waals surface area contributed by atoms with E-state index in [1.165, 1.54) is 56.4 Å². The van der Waals surface area contributed by atoms with Crippen LogP contribution in [0.1, 0.15) is 114 Å². The molecule has 0 saturated carbocycles. The number of Topliss-reactive ketones (excluding diaryl/α,β-unsaturated/α-hetero) is 1. The number of nitrogens with two attached hydrogens (primary N) is 3. The number of hydrogen-bond donors (Lipinski definition) is 6. The number of nitro groups is 3. The van der Waals surface area contributed by atoms with E-state index in [4.69, 9.17) is 46.6 Å². The second kappa shape index (κ2) is 42.8. The second-order valence-corrected chi connectivity index (χ2v) is 36.2. The summed E-state index contributed by atoms with van der Waals surface area (Å²) in [6.45, 7) is 18.7. The minimum Gasteiger partial charge on any atom is -0.455 e. The van der Waals surface area contributed by atoms with E-state index in [1.54, 1.807) is 41.1 Å². The molecule has 6 heterocycles. The van der Waals surface area contributed by atoms with E-state index in [0.29, 0.717) is 160 Å². The number of rotatable bonds is 28. The van der Waals surface area contributed by atoms with Gasteiger partial charge in [-0.1, -0.05) is 37.1 Å². The van der Waals surface area contributed by atoms with Crippen LogP contribution in [0.3, 0.4) is 0 Å². The van der Waals surface area contributed by atoms with Crippen LogP contribution in [0, 0.1) is 41.6 Å². The van der Waals surface area contributed by atoms with Crippen LogP contribution in [0.2, 0.25) is 5.02 Å². The number of sulfonamides is 2. The molecule has 0 bridgehead atoms. The Morgan fingerprint density at radius 1 is 0.650 bits per heavy atom. The third-order valence-electron chi connectivity index (χ3n) is 21.1. The number of pyridine rings is 1. The Morgan fingerprint density at radius 3 is 1.65 bits per heavy atom. The number of ketones is 1. The minimum atomic E-state index is -4.50. The summed E-state index contributed by atoms with van der Waals surface area (Å²) in [5.41, 5.74) is 7.27. The Kier molecular flexibility index (Phi) is 33.5. The Balaban J connectivity index is 0.000000259. The first-order valence-electron chi connectivity index (χ1n) is 39.4. The summed E-state index contributed by atoms with van der Waals surface area (Å²) in [6.07, 6.45) is 5.55. The van der Waals surface area contributed by atoms with Crippen LogP contribution in [-0.2, 0) is 64.7 Å². The smallest absolute Gasteiger partial charge is 0.416 e. The Labute approximate surface area is 713 Å². The molecule has 0 radical (unpaired) electrons. The van der Waals surface area contributed by atoms with Crippen molar-refractivity contribution in [2.45, 2.75) is 132 Å². The maximum atomic E-state index is 14.1. The number of H-pyrrole nitrogens is 1. The van der Waals surface area contributed by atoms with Gasteiger partial charge in [0.25, 0.3) is 11.4 Å². The molecule has 9 N–H and O–H groups in total. The maximum absolute atomic E-state index is 14.1. The second-order valence-electron chi connectivity index (χ2n) is 30.7. The molecular formula is C80H100ClF4N15O20S3. The van der Waals surface area contributed by atoms with Crippen molar-refractivity contribution in [1.82, 2.24) is 29.6 Å². The number of nitro benzene ring substituents is 3. The number of nitrogens with zero attached hydrogens (tertiary/aromatic N) is 9. The number of carbonyl (C=O) groups excluding carboxylic acids is 4. The number of hydrogen-bond acceptors (Lipinski definition) is 26. The van der Waals surface area contributed by atoms with Crippen molar-refractivity contribution < 1.29 is 95.7 Å². The molecule has 3 unspecified atom stereocenters. The Hall–Kier alpha value is -10.4. The monoisotopic (exact) mass is 1800 g/mol. The highest BCUT2D eigenvalue weighted by Gasteiger charge is 2.36. The number of nitrogens with one attached hydrogen (secondary N) is 3. The summed E-state index contributed by atoms with van der Waals surface area (Å²) < 4.78 is 148. The summed E-state index contributed by atoms with van der Waals surface area (Å²) in [5, 5.41) is 50.1. The number of alkyl halides is 3. The quantitative estimate of drug-likeness (QED) is 0.00872. The fourth-order valence-corrected chi connectivity index (χ4v) is 17.0. The van der Waals surface area contributed by atoms with E-state index in [2.05, 4.69) is 44.2 Å². The zero-order valence-corrected chi connectivity index (χ0v) is 71.5. The van der Waals surface area contributed by atoms with E-state index in [-0.39, 0.29) is 84.6 Å². The molecule has 12 rings (SSSR count). The highest BCUT2D eigenvalue weighted by molar-refractivity contribution is 7.92. The highest BCUT2D eigenvalue weighted by Crippen LogP contribution is 2.46. The van der Waals surface area contributed by atoms with Gasteiger partial charge >= 0.3 is 11.9 Å². The SMILES string of the molecule is CC(=O)N1CCOC(CCCN)C1.CC(=O)N1CCOC(CCCNc2ccc(S(=O)(=O)CC(=O)c3ccc(N4CCN(CC5=C(c6ccc(C(F)(F)F)cc6Cl)CC(C)(C)CC5)CC4)cc3Oc3cnc4[nH]ccc4c3)cc2[N+](=O)[O-])C1.CC(=O)N1CCOC(CCCNc2ccc(S(N)(=O)=O)cc2[N+](=O)[O-])C1.NS(=O)(=O)c1ccc(F)c([N+](=O)[O-])c1. The van der Waals surface area contributed by atoms with Crippen LogP contribution in [0.5, 0.6) is 11.5 Å². The summed E-state index contributed by atoms with van der Waals surface area (Å²) in [6, 6.07) is 21.2. The number of anilines is 3. The number of ether oxygens (including phenoxy) is 4. The van der Waals surface area contributed by atoms with Crippen molar-refractivity contribution in [2.24, 2.45) is 21.4 Å². The Bertz CT molecular complexity index is 5390. The first kappa shape index (κ1) is 96.4. The van der Waals surface area contributed by atoms with Gasteiger partial charge in [0, 0.05) is 152 Å². The van der Waals surface area contributed by atoms with E-state index >= 15 is 0 Å². The molecule has 3 atom stereocenters. The lowest BCUT2D eigenvalue weighted by atomic mass is 9.72. The summed E-state index contributed by atoms with van der Waals surface area (Å²) in [5.74, 6) is -2.35. The molecule has 5 aliphatic rings. The van der Waals surface area contributed by atoms with Crippen molar-refractivity contribution in [3.8, 4) is 11.5 Å². The molecule has 123 heavy (non-hydrogen) atoms. The van der Waals surface area contributed by atoms with E-state index in [9.17, 15) is 92.3 Å². The molecular weight excluding hydrogens is 1700 g/mol. The molecule has 4 saturated heterocycles. The van der Waals surface area contributed by atoms with Gasteiger partial charge in [-0.05, 0) is 154 Å². The van der Waals surface area contributed by atoms with Crippen LogP contribution >= 0.6 is 11.6 Å². The average molecular weight is 1800 g/mol. The van der Waals surface area contributed by atoms with Gasteiger partial charge in [-0.3, -0.25) is 54.4 Å². The number of benzene rings is 5. The van der Waals surface area contributed by atoms with Crippen LogP contribution in [0.4, 0.5) is 51.7 Å². The molecule has 0 spiro atoms. The van der Waals surface area contributed by atoms with Gasteiger partial charge in [0.1, 0.15) is 34.3 Å². The molecule has 7 aromatic rings. The number of piperazine rings is 1. The third-order valence-corrected chi connectivity index (χ3v) is 24.9. The molecule has 3 amide bonds. The van der Waals surface area contributed by atoms with Gasteiger partial charge in [0.2, 0.25) is 43.6 Å². The van der Waals surface area contributed by atoms with Crippen molar-refractivity contribution in [3.63, 3.8) is 0 Å². The summed E-state index contributed by atoms with van der Waals surface area (Å²) >= 11 is 6.54. The number of aromatic amines is 1. The van der Waals surface area contributed by atoms with Crippen molar-refractivity contribution in [1.29, 1.82) is 0 Å². The summed E-state index contributed by atoms with van der Waals surface area (Å²) in [7, 11) is -12.5. The predicted octanol–water partition coefficient (Wildman–Crippen LogP) is 10.9. The number of aromatic nitrogens is 2. The zero-order chi connectivity index (χ0) is 89.9. The molecule has 2 aromatic heterocycles. The van der Waals surface area contributed by atoms with E-state index in [1.807, 2.05) is 11.0 Å². The van der Waals surface area contributed by atoms with Crippen molar-refractivity contribution in [3.05, 3.63) is 179 Å². The summed E-state index contributed by atoms with van der Waals surface area (Å²) in [4.78, 5) is 95.5. The molecule has 43 heteroatoms. The van der Waals surface area contributed by atoms with Crippen LogP contribution < -0.4 is 36.3 Å². The van der Waals surface area contributed by atoms with E-state index in [0.717, 1.165) is 91.3 Å². The predicted molar refractivity (Wildman–Crippen MR) is 450 cm³/mol. The number of sulfone groups is 1. The third kappa shape index (κ3) is 27.8. The van der Waals surface area contributed by atoms with Crippen LogP contribution in [0.25, 0.3) is 16.6 Å². The highest BCUT2D eigenvalue weighted by atomic mass is 35.5. The van der Waals surface area contributed by atoms with E-state index < -0.39 is 90.0 Å². The van der Waals surface area contributed by atoms with Crippen LogP contribution in [0.15, 0.2) is 136 Å². The van der Waals surface area contributed by atoms with Gasteiger partial charge < -0.3 is 59.9 Å². The molecule has 668 valence electrons. The van der Waals surface area contributed by atoms with Gasteiger partial charge in [-0.25, -0.2) is 40.5 Å². The van der Waals surface area contributed by atoms with Gasteiger partial charge in [0.15, 0.2) is 15.6 Å². The average Bonchev–Trinajstić information content (AvgIpc) is 0.974. The van der Waals surface area contributed by atoms with Gasteiger partial charge in [0.05, 0.1) is 84.9 Å². The fraction of sp³-hybridized carbons (Fsp3) is 0.463. The number of halogens is 5. The first-order chi connectivity index (χ1) is 58.0. The lowest BCUT2D eigenvalue weighted by molar-refractivity contribution is -0.387. The zero-order valence-electron chi connectivity index (χ0n) is 68.3. The molecule has 4 fully saturated rings. The molecule has 1 aliphatic carbocycles. The normalized spacial score (nSPS) is 17.7. The number of allylic oxidation sites excluding steroid dienone is 1. The number of morpholine rings is 3. The number of primary sulfonamides is 2. The Morgan fingerprint density at radius 2 is 1.15 bits per heavy atom. The van der Waals surface area contributed by atoms with Crippen molar-refractivity contribution in [2.75, 3.05) is 133 Å². The largest absolute Gasteiger partial charge is 0.455 e. The first-order valence-corrected chi connectivity index (χ1v) is 44.5. The molecule has 5 aromatic carbocycles. The number of amides is 3. The van der Waals surface area contributed by atoms with Gasteiger partial charge in [-0.15, -0.1) is 0 Å². The lowest BCUT2D eigenvalue weighted by Gasteiger charge is -2.39. The fourth-order valence-electron chi connectivity index (χ4n) is 14.4. The number of fused-ring (bicyclic) bond motifs is 1. The standard InChI is InChI=1S/C50H55ClF3N7O8S.C15H22N4O6S.C9H18N2O2.C6H5FN2O4S/c1-32(62)60-21-22-68-37(30-60)5-4-15-55-44-11-8-39(26-45(44)61(64)65)70(66,67)31-46(63)41-10-7-36(25-47(41)69-38-23-33-13-16-56-48(33)57-28-38)59-19-17-58(18-20-59)29-34-12-14-49(2,3)27-42(34)40-9-6-35(24-43(40)51)50(52,53)54;1-11(20)18-7-8-25-12(10-18)3-2-6-17-14-5-4-13(26(16,23)24)9-15(14)19(21)22;1-8(12)11-5-6-13-9(7-11)3-2-4-10;7-5-2-1-4(14(8,12)13)3-6(5)9(10)11/h6-11,13,16,23-26,28,37,55H,4-5,12,14-15,17-22,27,29-31H2,1-3H3,(H,56,57);4-5,9,12,17H,2-3,6-8,10H2,1H3,(H2,16,23,24);9H,2-7,10H2,1H3;1-3H,(H2,8,12,13). The lowest BCUT2D eigenvalue weighted by Crippen LogP contribution is -2.47. The van der Waals surface area contributed by atoms with Gasteiger partial charge in [-0.2, -0.15) is 17.6 Å². The molecule has 4 aliphatic heterocycles. The number of carbonyl (C=O) groups is 4. The van der Waals surface area contributed by atoms with Crippen molar-refractivity contribution >= 4 is 116 Å². The minimum absolute atomic E-state index is 0.0112. The topological polar surface area (TPSA) is 484 Å².